The maximum absolute atomic E-state index is 12.2. The number of nitrogens with zero attached hydrogens (tertiary/aromatic N) is 1. The van der Waals surface area contributed by atoms with E-state index < -0.39 is 5.91 Å². The molecule has 0 atom stereocenters. The number of para-hydroxylation sites is 1. The molecule has 3 aromatic rings. The number of hydrogen-bond donors (Lipinski definition) is 3. The van der Waals surface area contributed by atoms with Gasteiger partial charge < -0.3 is 21.1 Å². The maximum Gasteiger partial charge on any atom is 0.267 e. The Morgan fingerprint density at radius 2 is 1.50 bits per heavy atom. The summed E-state index contributed by atoms with van der Waals surface area (Å²) in [5.41, 5.74) is 7.43. The summed E-state index contributed by atoms with van der Waals surface area (Å²) in [5.74, 6) is 0.917. The van der Waals surface area contributed by atoms with Crippen LogP contribution in [-0.4, -0.2) is 5.91 Å². The lowest BCUT2D eigenvalue weighted by Gasteiger charge is -2.07. The molecule has 0 aliphatic carbocycles. The summed E-state index contributed by atoms with van der Waals surface area (Å²) in [5, 5.41) is 14.8. The topological polar surface area (TPSA) is 100 Å². The molecule has 0 unspecified atom stereocenters. The molecule has 6 heteroatoms. The Morgan fingerprint density at radius 3 is 2.14 bits per heavy atom. The second-order valence-electron chi connectivity index (χ2n) is 5.83. The van der Waals surface area contributed by atoms with Crippen molar-refractivity contribution in [1.29, 1.82) is 5.26 Å². The van der Waals surface area contributed by atoms with Crippen molar-refractivity contribution in [3.8, 4) is 17.6 Å². The first kappa shape index (κ1) is 18.5. The van der Waals surface area contributed by atoms with Gasteiger partial charge in [-0.1, -0.05) is 18.2 Å². The Bertz CT molecular complexity index is 1010. The summed E-state index contributed by atoms with van der Waals surface area (Å²) in [7, 11) is 0. The van der Waals surface area contributed by atoms with Crippen LogP contribution in [0.2, 0.25) is 0 Å². The van der Waals surface area contributed by atoms with Gasteiger partial charge in [0.05, 0.1) is 0 Å². The van der Waals surface area contributed by atoms with Crippen molar-refractivity contribution < 1.29 is 9.53 Å². The van der Waals surface area contributed by atoms with E-state index in [-0.39, 0.29) is 5.57 Å². The zero-order chi connectivity index (χ0) is 19.8. The van der Waals surface area contributed by atoms with Crippen LogP contribution in [0.25, 0.3) is 0 Å². The summed E-state index contributed by atoms with van der Waals surface area (Å²) >= 11 is 0. The second kappa shape index (κ2) is 8.92. The minimum atomic E-state index is -0.510. The second-order valence-corrected chi connectivity index (χ2v) is 5.83. The number of hydrogen-bond acceptors (Lipinski definition) is 5. The molecule has 0 aromatic heterocycles. The van der Waals surface area contributed by atoms with Gasteiger partial charge in [-0.2, -0.15) is 5.26 Å². The Hall–Kier alpha value is -4.24. The van der Waals surface area contributed by atoms with E-state index in [0.717, 1.165) is 5.75 Å². The molecule has 0 spiro atoms. The summed E-state index contributed by atoms with van der Waals surface area (Å²) < 4.78 is 5.72. The molecule has 3 aromatic carbocycles. The average molecular weight is 370 g/mol. The van der Waals surface area contributed by atoms with Crippen molar-refractivity contribution in [3.05, 3.63) is 90.6 Å². The van der Waals surface area contributed by atoms with Crippen molar-refractivity contribution in [2.45, 2.75) is 0 Å². The number of anilines is 3. The van der Waals surface area contributed by atoms with Crippen LogP contribution in [-0.2, 0) is 4.79 Å². The molecule has 0 aliphatic rings. The van der Waals surface area contributed by atoms with Gasteiger partial charge in [-0.3, -0.25) is 4.79 Å². The normalized spacial score (nSPS) is 10.6. The van der Waals surface area contributed by atoms with Gasteiger partial charge in [0.15, 0.2) is 0 Å². The number of nitrogens with one attached hydrogen (secondary N) is 2. The van der Waals surface area contributed by atoms with Crippen molar-refractivity contribution in [2.75, 3.05) is 16.4 Å². The predicted octanol–water partition coefficient (Wildman–Crippen LogP) is 4.52. The van der Waals surface area contributed by atoms with E-state index in [2.05, 4.69) is 10.6 Å². The highest BCUT2D eigenvalue weighted by Gasteiger charge is 2.09. The molecule has 4 N–H and O–H groups in total. The van der Waals surface area contributed by atoms with E-state index in [0.29, 0.717) is 22.8 Å². The highest BCUT2D eigenvalue weighted by molar-refractivity contribution is 6.06. The molecule has 0 aliphatic heterocycles. The lowest BCUT2D eigenvalue weighted by molar-refractivity contribution is -0.112. The van der Waals surface area contributed by atoms with Gasteiger partial charge in [-0.05, 0) is 60.7 Å². The minimum absolute atomic E-state index is 0.0542. The summed E-state index contributed by atoms with van der Waals surface area (Å²) in [6, 6.07) is 25.2. The van der Waals surface area contributed by atoms with Gasteiger partial charge in [0.1, 0.15) is 23.1 Å². The van der Waals surface area contributed by atoms with Crippen LogP contribution in [0.1, 0.15) is 0 Å². The Labute approximate surface area is 162 Å². The van der Waals surface area contributed by atoms with Gasteiger partial charge >= 0.3 is 0 Å². The highest BCUT2D eigenvalue weighted by Crippen LogP contribution is 2.22. The fraction of sp³-hybridized carbons (Fsp3) is 0. The third-order valence-corrected chi connectivity index (χ3v) is 3.75. The monoisotopic (exact) mass is 370 g/mol. The van der Waals surface area contributed by atoms with Gasteiger partial charge in [0, 0.05) is 23.3 Å². The van der Waals surface area contributed by atoms with E-state index in [9.17, 15) is 10.1 Å². The number of nitrogen functional groups attached to an aromatic ring is 1. The zero-order valence-electron chi connectivity index (χ0n) is 14.9. The SMILES string of the molecule is N#C/C(=C/Nc1ccc(Oc2ccccc2)cc1)C(=O)Nc1ccc(N)cc1. The molecule has 0 saturated carbocycles. The molecule has 1 amide bonds. The smallest absolute Gasteiger partial charge is 0.267 e. The van der Waals surface area contributed by atoms with E-state index in [1.807, 2.05) is 36.4 Å². The predicted molar refractivity (Wildman–Crippen MR) is 110 cm³/mol. The van der Waals surface area contributed by atoms with Crippen LogP contribution in [0.15, 0.2) is 90.6 Å². The largest absolute Gasteiger partial charge is 0.457 e. The van der Waals surface area contributed by atoms with Crippen LogP contribution in [0.4, 0.5) is 17.1 Å². The van der Waals surface area contributed by atoms with Crippen LogP contribution in [0.5, 0.6) is 11.5 Å². The lowest BCUT2D eigenvalue weighted by Crippen LogP contribution is -2.14. The van der Waals surface area contributed by atoms with E-state index >= 15 is 0 Å². The van der Waals surface area contributed by atoms with Gasteiger partial charge in [0.25, 0.3) is 5.91 Å². The Kier molecular flexibility index (Phi) is 5.91. The van der Waals surface area contributed by atoms with E-state index in [1.54, 1.807) is 48.5 Å². The van der Waals surface area contributed by atoms with Gasteiger partial charge in [-0.15, -0.1) is 0 Å². The van der Waals surface area contributed by atoms with Crippen molar-refractivity contribution >= 4 is 23.0 Å². The number of amides is 1. The summed E-state index contributed by atoms with van der Waals surface area (Å²) in [4.78, 5) is 12.2. The zero-order valence-corrected chi connectivity index (χ0v) is 14.9. The molecular weight excluding hydrogens is 352 g/mol. The maximum atomic E-state index is 12.2. The number of carbonyl (C=O) groups is 1. The standard InChI is InChI=1S/C22H18N4O2/c23-14-16(22(27)26-19-8-6-17(24)7-9-19)15-25-18-10-12-21(13-11-18)28-20-4-2-1-3-5-20/h1-13,15,25H,24H2,(H,26,27)/b16-15-. The van der Waals surface area contributed by atoms with E-state index in [1.165, 1.54) is 6.20 Å². The molecule has 0 fully saturated rings. The number of benzene rings is 3. The molecule has 138 valence electrons. The molecule has 0 radical (unpaired) electrons. The Morgan fingerprint density at radius 1 is 0.893 bits per heavy atom. The fourth-order valence-corrected chi connectivity index (χ4v) is 2.31. The molecule has 0 heterocycles. The third-order valence-electron chi connectivity index (χ3n) is 3.75. The van der Waals surface area contributed by atoms with Crippen molar-refractivity contribution in [2.24, 2.45) is 0 Å². The Balaban J connectivity index is 1.61. The summed E-state index contributed by atoms with van der Waals surface area (Å²) in [6.45, 7) is 0. The summed E-state index contributed by atoms with van der Waals surface area (Å²) in [6.07, 6.45) is 1.36. The van der Waals surface area contributed by atoms with Crippen molar-refractivity contribution in [3.63, 3.8) is 0 Å². The number of rotatable bonds is 6. The number of nitrogens with two attached hydrogens (primary N) is 1. The first-order valence-electron chi connectivity index (χ1n) is 8.51. The molecular formula is C22H18N4O2. The average Bonchev–Trinajstić information content (AvgIpc) is 2.72. The molecule has 0 saturated heterocycles. The fourth-order valence-electron chi connectivity index (χ4n) is 2.31. The van der Waals surface area contributed by atoms with Gasteiger partial charge in [-0.25, -0.2) is 0 Å². The molecule has 3 rings (SSSR count). The molecule has 6 nitrogen and oxygen atoms in total. The number of nitriles is 1. The highest BCUT2D eigenvalue weighted by atomic mass is 16.5. The van der Waals surface area contributed by atoms with Crippen LogP contribution < -0.4 is 21.1 Å². The molecule has 0 bridgehead atoms. The van der Waals surface area contributed by atoms with Crippen LogP contribution >= 0.6 is 0 Å². The molecule has 28 heavy (non-hydrogen) atoms. The number of carbonyl (C=O) groups excluding carboxylic acids is 1. The first-order valence-corrected chi connectivity index (χ1v) is 8.51. The van der Waals surface area contributed by atoms with Crippen molar-refractivity contribution in [1.82, 2.24) is 0 Å². The third kappa shape index (κ3) is 5.13. The van der Waals surface area contributed by atoms with Crippen LogP contribution in [0.3, 0.4) is 0 Å². The van der Waals surface area contributed by atoms with E-state index in [4.69, 9.17) is 10.5 Å². The first-order chi connectivity index (χ1) is 13.6. The quantitative estimate of drug-likeness (QED) is 0.336. The minimum Gasteiger partial charge on any atom is -0.457 e. The number of ether oxygens (including phenoxy) is 1. The lowest BCUT2D eigenvalue weighted by atomic mass is 10.2. The van der Waals surface area contributed by atoms with Crippen LogP contribution in [0, 0.1) is 11.3 Å². The van der Waals surface area contributed by atoms with Gasteiger partial charge in [0.2, 0.25) is 0 Å².